The Morgan fingerprint density at radius 1 is 1.10 bits per heavy atom. The summed E-state index contributed by atoms with van der Waals surface area (Å²) < 4.78 is 0. The lowest BCUT2D eigenvalue weighted by Gasteiger charge is -2.09. The highest BCUT2D eigenvalue weighted by atomic mass is 16.4. The zero-order valence-corrected chi connectivity index (χ0v) is 11.4. The number of aryl methyl sites for hydroxylation is 1. The molecule has 1 aromatic carbocycles. The van der Waals surface area contributed by atoms with Gasteiger partial charge in [-0.2, -0.15) is 0 Å². The van der Waals surface area contributed by atoms with Crippen LogP contribution in [0.1, 0.15) is 12.0 Å². The number of pyridine rings is 2. The molecule has 0 radical (unpaired) electrons. The Balaban J connectivity index is 2.12. The molecule has 4 nitrogen and oxygen atoms in total. The molecule has 21 heavy (non-hydrogen) atoms. The number of hydrogen-bond acceptors (Lipinski definition) is 3. The summed E-state index contributed by atoms with van der Waals surface area (Å²) in [6, 6.07) is 13.6. The van der Waals surface area contributed by atoms with Crippen molar-refractivity contribution in [2.45, 2.75) is 12.8 Å². The van der Waals surface area contributed by atoms with Crippen molar-refractivity contribution in [1.82, 2.24) is 9.97 Å². The van der Waals surface area contributed by atoms with E-state index in [1.165, 1.54) is 0 Å². The predicted molar refractivity (Wildman–Crippen MR) is 80.9 cm³/mol. The molecule has 0 bridgehead atoms. The Morgan fingerprint density at radius 3 is 2.62 bits per heavy atom. The summed E-state index contributed by atoms with van der Waals surface area (Å²) in [7, 11) is 0. The van der Waals surface area contributed by atoms with Gasteiger partial charge in [0.05, 0.1) is 11.2 Å². The fourth-order valence-corrected chi connectivity index (χ4v) is 2.37. The van der Waals surface area contributed by atoms with E-state index in [1.54, 1.807) is 12.4 Å². The number of benzene rings is 1. The third-order valence-corrected chi connectivity index (χ3v) is 3.39. The molecule has 0 aliphatic carbocycles. The van der Waals surface area contributed by atoms with E-state index in [-0.39, 0.29) is 6.42 Å². The summed E-state index contributed by atoms with van der Waals surface area (Å²) in [5, 5.41) is 9.92. The number of fused-ring (bicyclic) bond motifs is 1. The predicted octanol–water partition coefficient (Wildman–Crippen LogP) is 3.31. The number of carbonyl (C=O) groups is 1. The summed E-state index contributed by atoms with van der Waals surface area (Å²) in [5.74, 6) is -0.790. The molecule has 0 spiro atoms. The molecular weight excluding hydrogens is 264 g/mol. The van der Waals surface area contributed by atoms with Crippen LogP contribution in [0.15, 0.2) is 54.9 Å². The van der Waals surface area contributed by atoms with Gasteiger partial charge in [-0.1, -0.05) is 18.2 Å². The minimum Gasteiger partial charge on any atom is -0.481 e. The van der Waals surface area contributed by atoms with Gasteiger partial charge < -0.3 is 5.11 Å². The van der Waals surface area contributed by atoms with Crippen LogP contribution in [0.4, 0.5) is 0 Å². The van der Waals surface area contributed by atoms with E-state index in [4.69, 9.17) is 5.11 Å². The van der Waals surface area contributed by atoms with Crippen LogP contribution in [0.3, 0.4) is 0 Å². The van der Waals surface area contributed by atoms with Crippen LogP contribution in [0, 0.1) is 0 Å². The molecule has 1 N–H and O–H groups in total. The van der Waals surface area contributed by atoms with Crippen LogP contribution < -0.4 is 0 Å². The van der Waals surface area contributed by atoms with Gasteiger partial charge in [0, 0.05) is 29.8 Å². The molecule has 2 heterocycles. The average molecular weight is 278 g/mol. The molecule has 0 saturated heterocycles. The van der Waals surface area contributed by atoms with Gasteiger partial charge in [0.1, 0.15) is 0 Å². The number of carboxylic acid groups (broad SMARTS) is 1. The molecular formula is C17H14N2O2. The molecule has 3 rings (SSSR count). The molecule has 0 aliphatic rings. The first-order valence-electron chi connectivity index (χ1n) is 6.75. The third kappa shape index (κ3) is 2.89. The highest BCUT2D eigenvalue weighted by Gasteiger charge is 2.08. The minimum absolute atomic E-state index is 0.115. The monoisotopic (exact) mass is 278 g/mol. The minimum atomic E-state index is -0.790. The number of aromatic nitrogens is 2. The number of nitrogens with zero attached hydrogens (tertiary/aromatic N) is 2. The van der Waals surface area contributed by atoms with Crippen LogP contribution in [-0.2, 0) is 11.2 Å². The van der Waals surface area contributed by atoms with Crippen LogP contribution in [0.25, 0.3) is 22.2 Å². The molecule has 0 saturated carbocycles. The summed E-state index contributed by atoms with van der Waals surface area (Å²) in [6.07, 6.45) is 4.06. The highest BCUT2D eigenvalue weighted by molar-refractivity contribution is 5.85. The largest absolute Gasteiger partial charge is 0.481 e. The van der Waals surface area contributed by atoms with E-state index >= 15 is 0 Å². The van der Waals surface area contributed by atoms with Gasteiger partial charge in [0.15, 0.2) is 0 Å². The van der Waals surface area contributed by atoms with E-state index < -0.39 is 5.97 Å². The molecule has 0 amide bonds. The van der Waals surface area contributed by atoms with E-state index in [9.17, 15) is 4.79 Å². The van der Waals surface area contributed by atoms with Crippen LogP contribution >= 0.6 is 0 Å². The van der Waals surface area contributed by atoms with Crippen molar-refractivity contribution in [3.8, 4) is 11.3 Å². The standard InChI is InChI=1S/C17H14N2O2/c20-17(21)6-5-13-11-16(12-7-9-18-10-8-12)19-15-4-2-1-3-14(13)15/h1-4,7-11H,5-6H2,(H,20,21). The summed E-state index contributed by atoms with van der Waals surface area (Å²) >= 11 is 0. The maximum absolute atomic E-state index is 10.8. The van der Waals surface area contributed by atoms with E-state index in [0.29, 0.717) is 6.42 Å². The van der Waals surface area contributed by atoms with Crippen molar-refractivity contribution in [2.24, 2.45) is 0 Å². The molecule has 104 valence electrons. The maximum atomic E-state index is 10.8. The van der Waals surface area contributed by atoms with E-state index in [2.05, 4.69) is 9.97 Å². The molecule has 0 aliphatic heterocycles. The first-order valence-corrected chi connectivity index (χ1v) is 6.75. The van der Waals surface area contributed by atoms with Gasteiger partial charge >= 0.3 is 5.97 Å². The molecule has 3 aromatic rings. The van der Waals surface area contributed by atoms with Gasteiger partial charge in [0.2, 0.25) is 0 Å². The topological polar surface area (TPSA) is 63.1 Å². The van der Waals surface area contributed by atoms with Crippen LogP contribution in [-0.4, -0.2) is 21.0 Å². The number of carboxylic acids is 1. The smallest absolute Gasteiger partial charge is 0.303 e. The van der Waals surface area contributed by atoms with Crippen molar-refractivity contribution < 1.29 is 9.90 Å². The summed E-state index contributed by atoms with van der Waals surface area (Å²) in [4.78, 5) is 19.5. The van der Waals surface area contributed by atoms with Crippen molar-refractivity contribution in [3.63, 3.8) is 0 Å². The Labute approximate surface area is 122 Å². The fraction of sp³-hybridized carbons (Fsp3) is 0.118. The Bertz CT molecular complexity index is 785. The van der Waals surface area contributed by atoms with Gasteiger partial charge in [-0.15, -0.1) is 0 Å². The van der Waals surface area contributed by atoms with Crippen LogP contribution in [0.5, 0.6) is 0 Å². The van der Waals surface area contributed by atoms with Crippen molar-refractivity contribution in [1.29, 1.82) is 0 Å². The number of para-hydroxylation sites is 1. The number of aliphatic carboxylic acids is 1. The van der Waals surface area contributed by atoms with Crippen LogP contribution in [0.2, 0.25) is 0 Å². The van der Waals surface area contributed by atoms with Gasteiger partial charge in [-0.3, -0.25) is 9.78 Å². The van der Waals surface area contributed by atoms with Crippen molar-refractivity contribution >= 4 is 16.9 Å². The van der Waals surface area contributed by atoms with E-state index in [0.717, 1.165) is 27.7 Å². The lowest BCUT2D eigenvalue weighted by molar-refractivity contribution is -0.136. The second-order valence-corrected chi connectivity index (χ2v) is 4.81. The summed E-state index contributed by atoms with van der Waals surface area (Å²) in [6.45, 7) is 0. The quantitative estimate of drug-likeness (QED) is 0.795. The average Bonchev–Trinajstić information content (AvgIpc) is 2.53. The zero-order chi connectivity index (χ0) is 14.7. The number of rotatable bonds is 4. The normalized spacial score (nSPS) is 10.7. The zero-order valence-electron chi connectivity index (χ0n) is 11.4. The molecule has 0 atom stereocenters. The molecule has 2 aromatic heterocycles. The second-order valence-electron chi connectivity index (χ2n) is 4.81. The van der Waals surface area contributed by atoms with Crippen molar-refractivity contribution in [3.05, 3.63) is 60.4 Å². The Hall–Kier alpha value is -2.75. The molecule has 0 fully saturated rings. The summed E-state index contributed by atoms with van der Waals surface area (Å²) in [5.41, 5.74) is 3.71. The SMILES string of the molecule is O=C(O)CCc1cc(-c2ccncc2)nc2ccccc12. The second kappa shape index (κ2) is 5.71. The van der Waals surface area contributed by atoms with Gasteiger partial charge in [0.25, 0.3) is 0 Å². The Morgan fingerprint density at radius 2 is 1.86 bits per heavy atom. The van der Waals surface area contributed by atoms with Gasteiger partial charge in [-0.25, -0.2) is 4.98 Å². The molecule has 0 unspecified atom stereocenters. The van der Waals surface area contributed by atoms with E-state index in [1.807, 2.05) is 42.5 Å². The highest BCUT2D eigenvalue weighted by Crippen LogP contribution is 2.25. The molecule has 4 heteroatoms. The lowest BCUT2D eigenvalue weighted by atomic mass is 10.0. The Kier molecular flexibility index (Phi) is 3.60. The van der Waals surface area contributed by atoms with Crippen molar-refractivity contribution in [2.75, 3.05) is 0 Å². The van der Waals surface area contributed by atoms with Gasteiger partial charge in [-0.05, 0) is 36.2 Å². The third-order valence-electron chi connectivity index (χ3n) is 3.39. The fourth-order valence-electron chi connectivity index (χ4n) is 2.37. The first kappa shape index (κ1) is 13.2. The maximum Gasteiger partial charge on any atom is 0.303 e. The lowest BCUT2D eigenvalue weighted by Crippen LogP contribution is -1.99. The number of hydrogen-bond donors (Lipinski definition) is 1. The first-order chi connectivity index (χ1) is 10.2.